The number of carbonyl (C=O) groups excluding carboxylic acids is 3. The molecule has 45 heavy (non-hydrogen) atoms. The van der Waals surface area contributed by atoms with Crippen LogP contribution >= 0.6 is 7.26 Å². The molecule has 1 unspecified atom stereocenters. The second-order valence-corrected chi connectivity index (χ2v) is 15.7. The molecule has 1 fully saturated rings. The van der Waals surface area contributed by atoms with E-state index in [1.165, 1.54) is 15.9 Å². The van der Waals surface area contributed by atoms with Crippen LogP contribution in [0.2, 0.25) is 0 Å². The van der Waals surface area contributed by atoms with E-state index in [9.17, 15) is 14.4 Å². The van der Waals surface area contributed by atoms with Crippen LogP contribution in [0.3, 0.4) is 0 Å². The van der Waals surface area contributed by atoms with Crippen LogP contribution in [0.4, 0.5) is 5.69 Å². The van der Waals surface area contributed by atoms with Crippen LogP contribution in [0, 0.1) is 0 Å². The number of rotatable bonds is 10. The summed E-state index contributed by atoms with van der Waals surface area (Å²) in [6.07, 6.45) is 0.852. The zero-order chi connectivity index (χ0) is 31.2. The molecule has 1 aliphatic heterocycles. The molecule has 5 rings (SSSR count). The van der Waals surface area contributed by atoms with E-state index in [1.54, 1.807) is 20.8 Å². The highest BCUT2D eigenvalue weighted by Gasteiger charge is 2.58. The van der Waals surface area contributed by atoms with E-state index in [0.717, 1.165) is 12.0 Å². The summed E-state index contributed by atoms with van der Waals surface area (Å²) in [5, 5.41) is 6.49. The van der Waals surface area contributed by atoms with Gasteiger partial charge in [0.2, 0.25) is 5.91 Å². The highest BCUT2D eigenvalue weighted by molar-refractivity contribution is 7.96. The molecule has 4 aromatic carbocycles. The first-order valence-electron chi connectivity index (χ1n) is 15.1. The summed E-state index contributed by atoms with van der Waals surface area (Å²) in [6, 6.07) is 39.2. The van der Waals surface area contributed by atoms with E-state index < -0.39 is 18.8 Å². The van der Waals surface area contributed by atoms with Crippen molar-refractivity contribution in [2.24, 2.45) is 0 Å². The molecule has 1 N–H and O–H groups in total. The number of amides is 2. The lowest BCUT2D eigenvalue weighted by Crippen LogP contribution is -3.00. The Hall–Kier alpha value is -3.80. The van der Waals surface area contributed by atoms with Gasteiger partial charge < -0.3 is 31.9 Å². The SMILES string of the molecule is CC(C)(C)OC(=O)CCC(=O)Nc1ccc(CN2CCC([P+](c3ccccc3)(c3ccccc3)c3ccccc3)C2=O)cc1.[Br-]. The number of halogens is 1. The summed E-state index contributed by atoms with van der Waals surface area (Å²) >= 11 is 0. The number of nitrogens with zero attached hydrogens (tertiary/aromatic N) is 1. The first-order valence-corrected chi connectivity index (χ1v) is 17.0. The average Bonchev–Trinajstić information content (AvgIpc) is 3.38. The monoisotopic (exact) mass is 686 g/mol. The molecule has 0 radical (unpaired) electrons. The number of carbonyl (C=O) groups is 3. The van der Waals surface area contributed by atoms with Crippen LogP contribution in [0.15, 0.2) is 115 Å². The number of esters is 1. The number of hydrogen-bond acceptors (Lipinski definition) is 4. The van der Waals surface area contributed by atoms with E-state index >= 15 is 0 Å². The zero-order valence-corrected chi connectivity index (χ0v) is 28.5. The van der Waals surface area contributed by atoms with E-state index in [4.69, 9.17) is 4.74 Å². The summed E-state index contributed by atoms with van der Waals surface area (Å²) in [6.45, 7) is 6.59. The lowest BCUT2D eigenvalue weighted by atomic mass is 10.2. The van der Waals surface area contributed by atoms with Gasteiger partial charge in [-0.05, 0) is 74.9 Å². The standard InChI is InChI=1S/C37H39N2O4P.BrH/c1-37(2,3)43-35(41)24-23-34(40)38-29-21-19-28(20-22-29)27-39-26-25-33(36(39)42)44(30-13-7-4-8-14-30,31-15-9-5-10-16-31)32-17-11-6-12-18-32;/h4-22,33H,23-27H2,1-3H3;1H. The van der Waals surface area contributed by atoms with Crippen LogP contribution in [-0.4, -0.2) is 40.5 Å². The number of nitrogens with one attached hydrogen (secondary N) is 1. The summed E-state index contributed by atoms with van der Waals surface area (Å²) in [5.74, 6) is -0.464. The molecule has 0 spiro atoms. The van der Waals surface area contributed by atoms with Crippen molar-refractivity contribution in [2.45, 2.75) is 57.8 Å². The second-order valence-electron chi connectivity index (χ2n) is 12.1. The Bertz CT molecular complexity index is 1480. The van der Waals surface area contributed by atoms with Gasteiger partial charge >= 0.3 is 5.97 Å². The third-order valence-corrected chi connectivity index (χ3v) is 12.6. The maximum absolute atomic E-state index is 14.4. The molecule has 0 bridgehead atoms. The van der Waals surface area contributed by atoms with Crippen LogP contribution in [0.5, 0.6) is 0 Å². The number of likely N-dealkylation sites (tertiary alicyclic amines) is 1. The second kappa shape index (κ2) is 15.0. The van der Waals surface area contributed by atoms with Gasteiger partial charge in [0.05, 0.1) is 6.42 Å². The minimum Gasteiger partial charge on any atom is -1.00 e. The van der Waals surface area contributed by atoms with Gasteiger partial charge in [-0.25, -0.2) is 0 Å². The fourth-order valence-electron chi connectivity index (χ4n) is 5.96. The average molecular weight is 688 g/mol. The molecular weight excluding hydrogens is 647 g/mol. The molecule has 6 nitrogen and oxygen atoms in total. The molecule has 0 saturated carbocycles. The summed E-state index contributed by atoms with van der Waals surface area (Å²) in [5.41, 5.74) is 0.899. The number of benzene rings is 4. The molecule has 2 amide bonds. The maximum Gasteiger partial charge on any atom is 0.306 e. The van der Waals surface area contributed by atoms with Crippen molar-refractivity contribution in [1.82, 2.24) is 4.90 Å². The molecule has 1 heterocycles. The fourth-order valence-corrected chi connectivity index (χ4v) is 10.9. The van der Waals surface area contributed by atoms with Crippen LogP contribution < -0.4 is 38.2 Å². The molecule has 0 aliphatic carbocycles. The Morgan fingerprint density at radius 2 is 1.27 bits per heavy atom. The third-order valence-electron chi connectivity index (χ3n) is 7.81. The predicted octanol–water partition coefficient (Wildman–Crippen LogP) is 2.85. The molecule has 1 aliphatic rings. The van der Waals surface area contributed by atoms with Gasteiger partial charge in [-0.3, -0.25) is 14.4 Å². The van der Waals surface area contributed by atoms with Crippen molar-refractivity contribution < 1.29 is 36.1 Å². The molecule has 1 atom stereocenters. The Balaban J connectivity index is 0.00000461. The highest BCUT2D eigenvalue weighted by Crippen LogP contribution is 2.62. The molecule has 0 aromatic heterocycles. The molecule has 234 valence electrons. The van der Waals surface area contributed by atoms with Gasteiger partial charge in [0.15, 0.2) is 5.66 Å². The minimum atomic E-state index is -2.32. The smallest absolute Gasteiger partial charge is 0.306 e. The topological polar surface area (TPSA) is 75.7 Å². The molecular formula is C37H40BrN2O4P. The quantitative estimate of drug-likeness (QED) is 0.206. The molecule has 8 heteroatoms. The fraction of sp³-hybridized carbons (Fsp3) is 0.270. The lowest BCUT2D eigenvalue weighted by molar-refractivity contribution is -0.155. The maximum atomic E-state index is 14.4. The van der Waals surface area contributed by atoms with E-state index in [0.29, 0.717) is 18.8 Å². The summed E-state index contributed by atoms with van der Waals surface area (Å²) in [7, 11) is -2.32. The summed E-state index contributed by atoms with van der Waals surface area (Å²) in [4.78, 5) is 40.7. The third kappa shape index (κ3) is 8.08. The van der Waals surface area contributed by atoms with Crippen molar-refractivity contribution in [3.63, 3.8) is 0 Å². The number of anilines is 1. The van der Waals surface area contributed by atoms with Crippen LogP contribution in [0.25, 0.3) is 0 Å². The van der Waals surface area contributed by atoms with Gasteiger partial charge in [0.25, 0.3) is 5.91 Å². The van der Waals surface area contributed by atoms with Gasteiger partial charge in [-0.1, -0.05) is 66.7 Å². The minimum absolute atomic E-state index is 0. The van der Waals surface area contributed by atoms with E-state index in [-0.39, 0.29) is 47.3 Å². The Kier molecular flexibility index (Phi) is 11.4. The Morgan fingerprint density at radius 3 is 1.73 bits per heavy atom. The van der Waals surface area contributed by atoms with Gasteiger partial charge in [0, 0.05) is 31.6 Å². The highest BCUT2D eigenvalue weighted by atomic mass is 79.9. The van der Waals surface area contributed by atoms with Crippen LogP contribution in [-0.2, 0) is 25.7 Å². The van der Waals surface area contributed by atoms with E-state index in [2.05, 4.69) is 78.1 Å². The predicted molar refractivity (Wildman–Crippen MR) is 179 cm³/mol. The zero-order valence-electron chi connectivity index (χ0n) is 26.0. The van der Waals surface area contributed by atoms with Crippen molar-refractivity contribution in [1.29, 1.82) is 0 Å². The normalized spacial score (nSPS) is 14.9. The number of hydrogen-bond donors (Lipinski definition) is 1. The molecule has 4 aromatic rings. The van der Waals surface area contributed by atoms with Gasteiger partial charge in [0.1, 0.15) is 28.8 Å². The van der Waals surface area contributed by atoms with Gasteiger partial charge in [-0.15, -0.1) is 0 Å². The summed E-state index contributed by atoms with van der Waals surface area (Å²) < 4.78 is 5.28. The Labute approximate surface area is 277 Å². The largest absolute Gasteiger partial charge is 1.00 e. The van der Waals surface area contributed by atoms with Crippen molar-refractivity contribution >= 4 is 46.6 Å². The number of ether oxygens (including phenoxy) is 1. The van der Waals surface area contributed by atoms with E-state index in [1.807, 2.05) is 47.4 Å². The van der Waals surface area contributed by atoms with Crippen LogP contribution in [0.1, 0.15) is 45.6 Å². The van der Waals surface area contributed by atoms with Gasteiger partial charge in [-0.2, -0.15) is 0 Å². The first kappa shape index (κ1) is 34.1. The van der Waals surface area contributed by atoms with Crippen molar-refractivity contribution in [3.8, 4) is 0 Å². The Morgan fingerprint density at radius 1 is 0.778 bits per heavy atom. The first-order chi connectivity index (χ1) is 21.2. The van der Waals surface area contributed by atoms with Crippen molar-refractivity contribution in [3.05, 3.63) is 121 Å². The lowest BCUT2D eigenvalue weighted by Gasteiger charge is -2.32. The van der Waals surface area contributed by atoms with Crippen molar-refractivity contribution in [2.75, 3.05) is 11.9 Å². The molecule has 1 saturated heterocycles.